The summed E-state index contributed by atoms with van der Waals surface area (Å²) in [6.07, 6.45) is 3.17. The van der Waals surface area contributed by atoms with Crippen molar-refractivity contribution in [3.8, 4) is 0 Å². The molecule has 5 nitrogen and oxygen atoms in total. The first-order valence-corrected chi connectivity index (χ1v) is 5.93. The normalized spacial score (nSPS) is 10.6. The van der Waals surface area contributed by atoms with Gasteiger partial charge in [0.05, 0.1) is 28.9 Å². The molecule has 1 N–H and O–H groups in total. The molecule has 18 heavy (non-hydrogen) atoms. The fourth-order valence-corrected chi connectivity index (χ4v) is 1.75. The van der Waals surface area contributed by atoms with Gasteiger partial charge in [0.2, 0.25) is 5.91 Å². The highest BCUT2D eigenvalue weighted by Crippen LogP contribution is 2.18. The summed E-state index contributed by atoms with van der Waals surface area (Å²) in [5.41, 5.74) is 2.46. The van der Waals surface area contributed by atoms with E-state index in [-0.39, 0.29) is 12.5 Å². The van der Waals surface area contributed by atoms with Crippen molar-refractivity contribution in [2.45, 2.75) is 26.9 Å². The van der Waals surface area contributed by atoms with Crippen LogP contribution in [0.5, 0.6) is 0 Å². The number of furan rings is 1. The predicted molar refractivity (Wildman–Crippen MR) is 67.3 cm³/mol. The monoisotopic (exact) mass is 267 g/mol. The summed E-state index contributed by atoms with van der Waals surface area (Å²) in [5.74, 6) is -0.113. The number of nitrogens with one attached hydrogen (secondary N) is 1. The molecule has 0 fully saturated rings. The van der Waals surface area contributed by atoms with Crippen molar-refractivity contribution in [2.75, 3.05) is 0 Å². The lowest BCUT2D eigenvalue weighted by atomic mass is 10.3. The molecule has 0 saturated heterocycles. The molecule has 1 amide bonds. The molecule has 0 atom stereocenters. The second-order valence-electron chi connectivity index (χ2n) is 4.05. The van der Waals surface area contributed by atoms with Crippen molar-refractivity contribution in [1.82, 2.24) is 15.1 Å². The predicted octanol–water partition coefficient (Wildman–Crippen LogP) is 2.06. The van der Waals surface area contributed by atoms with Crippen LogP contribution in [0.4, 0.5) is 0 Å². The molecule has 2 heterocycles. The first-order valence-electron chi connectivity index (χ1n) is 5.55. The number of carbonyl (C=O) groups is 1. The van der Waals surface area contributed by atoms with Crippen LogP contribution in [-0.4, -0.2) is 15.7 Å². The second-order valence-corrected chi connectivity index (χ2v) is 4.43. The number of rotatable bonds is 4. The van der Waals surface area contributed by atoms with Crippen molar-refractivity contribution >= 4 is 17.5 Å². The zero-order chi connectivity index (χ0) is 13.1. The molecule has 0 unspecified atom stereocenters. The summed E-state index contributed by atoms with van der Waals surface area (Å²) < 4.78 is 6.52. The van der Waals surface area contributed by atoms with E-state index in [1.54, 1.807) is 23.3 Å². The SMILES string of the molecule is Cc1nn(CC(=O)NCc2ccoc2)c(C)c1Cl. The summed E-state index contributed by atoms with van der Waals surface area (Å²) in [4.78, 5) is 11.7. The van der Waals surface area contributed by atoms with Gasteiger partial charge in [-0.3, -0.25) is 9.48 Å². The zero-order valence-corrected chi connectivity index (χ0v) is 11.0. The van der Waals surface area contributed by atoms with E-state index < -0.39 is 0 Å². The van der Waals surface area contributed by atoms with Crippen LogP contribution >= 0.6 is 11.6 Å². The summed E-state index contributed by atoms with van der Waals surface area (Å²) in [6.45, 7) is 4.26. The molecule has 0 spiro atoms. The smallest absolute Gasteiger partial charge is 0.242 e. The van der Waals surface area contributed by atoms with Crippen LogP contribution in [0.2, 0.25) is 5.02 Å². The van der Waals surface area contributed by atoms with Gasteiger partial charge in [-0.1, -0.05) is 11.6 Å². The number of amides is 1. The van der Waals surface area contributed by atoms with Crippen molar-refractivity contribution in [3.05, 3.63) is 40.6 Å². The first kappa shape index (κ1) is 12.7. The molecule has 0 saturated carbocycles. The van der Waals surface area contributed by atoms with Crippen LogP contribution in [0.15, 0.2) is 23.0 Å². The number of hydrogen-bond donors (Lipinski definition) is 1. The maximum atomic E-state index is 11.7. The van der Waals surface area contributed by atoms with Crippen LogP contribution < -0.4 is 5.32 Å². The molecule has 0 radical (unpaired) electrons. The number of aromatic nitrogens is 2. The summed E-state index contributed by atoms with van der Waals surface area (Å²) in [7, 11) is 0. The lowest BCUT2D eigenvalue weighted by Gasteiger charge is -2.05. The zero-order valence-electron chi connectivity index (χ0n) is 10.2. The average molecular weight is 268 g/mol. The highest BCUT2D eigenvalue weighted by Gasteiger charge is 2.11. The Kier molecular flexibility index (Phi) is 3.72. The molecular formula is C12H14ClN3O2. The van der Waals surface area contributed by atoms with E-state index in [1.807, 2.05) is 13.8 Å². The van der Waals surface area contributed by atoms with Crippen LogP contribution in [0.25, 0.3) is 0 Å². The van der Waals surface area contributed by atoms with Gasteiger partial charge >= 0.3 is 0 Å². The minimum Gasteiger partial charge on any atom is -0.472 e. The second kappa shape index (κ2) is 5.27. The Bertz CT molecular complexity index is 546. The number of halogens is 1. The van der Waals surface area contributed by atoms with E-state index in [0.29, 0.717) is 11.6 Å². The van der Waals surface area contributed by atoms with Gasteiger partial charge in [-0.2, -0.15) is 5.10 Å². The maximum absolute atomic E-state index is 11.7. The number of aryl methyl sites for hydroxylation is 1. The Balaban J connectivity index is 1.93. The van der Waals surface area contributed by atoms with Gasteiger partial charge in [0.15, 0.2) is 0 Å². The molecular weight excluding hydrogens is 254 g/mol. The number of carbonyl (C=O) groups excluding carboxylic acids is 1. The minimum atomic E-state index is -0.113. The van der Waals surface area contributed by atoms with Gasteiger partial charge in [-0.25, -0.2) is 0 Å². The Morgan fingerprint density at radius 1 is 1.56 bits per heavy atom. The van der Waals surface area contributed by atoms with E-state index in [0.717, 1.165) is 17.0 Å². The highest BCUT2D eigenvalue weighted by atomic mass is 35.5. The maximum Gasteiger partial charge on any atom is 0.242 e. The van der Waals surface area contributed by atoms with Crippen LogP contribution in [0.1, 0.15) is 17.0 Å². The lowest BCUT2D eigenvalue weighted by Crippen LogP contribution is -2.27. The molecule has 0 aromatic carbocycles. The van der Waals surface area contributed by atoms with E-state index in [2.05, 4.69) is 10.4 Å². The van der Waals surface area contributed by atoms with Gasteiger partial charge in [0.25, 0.3) is 0 Å². The van der Waals surface area contributed by atoms with E-state index in [1.165, 1.54) is 0 Å². The molecule has 0 bridgehead atoms. The van der Waals surface area contributed by atoms with Crippen LogP contribution in [-0.2, 0) is 17.9 Å². The number of hydrogen-bond acceptors (Lipinski definition) is 3. The fraction of sp³-hybridized carbons (Fsp3) is 0.333. The van der Waals surface area contributed by atoms with Gasteiger partial charge in [0, 0.05) is 12.1 Å². The van der Waals surface area contributed by atoms with Crippen molar-refractivity contribution in [2.24, 2.45) is 0 Å². The van der Waals surface area contributed by atoms with E-state index in [4.69, 9.17) is 16.0 Å². The summed E-state index contributed by atoms with van der Waals surface area (Å²) in [6, 6.07) is 1.81. The standard InChI is InChI=1S/C12H14ClN3O2/c1-8-12(13)9(2)16(15-8)6-11(17)14-5-10-3-4-18-7-10/h3-4,7H,5-6H2,1-2H3,(H,14,17). The van der Waals surface area contributed by atoms with Crippen molar-refractivity contribution in [3.63, 3.8) is 0 Å². The molecule has 0 aliphatic carbocycles. The third-order valence-electron chi connectivity index (χ3n) is 2.66. The third-order valence-corrected chi connectivity index (χ3v) is 3.20. The lowest BCUT2D eigenvalue weighted by molar-refractivity contribution is -0.122. The quantitative estimate of drug-likeness (QED) is 0.922. The first-order chi connectivity index (χ1) is 8.58. The molecule has 0 aliphatic rings. The van der Waals surface area contributed by atoms with E-state index >= 15 is 0 Å². The molecule has 96 valence electrons. The summed E-state index contributed by atoms with van der Waals surface area (Å²) >= 11 is 6.01. The van der Waals surface area contributed by atoms with Crippen LogP contribution in [0.3, 0.4) is 0 Å². The van der Waals surface area contributed by atoms with Gasteiger partial charge in [-0.15, -0.1) is 0 Å². The Morgan fingerprint density at radius 2 is 2.33 bits per heavy atom. The van der Waals surface area contributed by atoms with Crippen LogP contribution in [0, 0.1) is 13.8 Å². The highest BCUT2D eigenvalue weighted by molar-refractivity contribution is 6.31. The van der Waals surface area contributed by atoms with Gasteiger partial charge < -0.3 is 9.73 Å². The van der Waals surface area contributed by atoms with Gasteiger partial charge in [0.1, 0.15) is 6.54 Å². The Hall–Kier alpha value is -1.75. The van der Waals surface area contributed by atoms with Crippen molar-refractivity contribution < 1.29 is 9.21 Å². The average Bonchev–Trinajstić information content (AvgIpc) is 2.93. The Morgan fingerprint density at radius 3 is 2.89 bits per heavy atom. The third kappa shape index (κ3) is 2.73. The minimum absolute atomic E-state index is 0.113. The summed E-state index contributed by atoms with van der Waals surface area (Å²) in [5, 5.41) is 7.60. The molecule has 2 rings (SSSR count). The van der Waals surface area contributed by atoms with Crippen molar-refractivity contribution in [1.29, 1.82) is 0 Å². The Labute approximate surface area is 110 Å². The topological polar surface area (TPSA) is 60.1 Å². The van der Waals surface area contributed by atoms with E-state index in [9.17, 15) is 4.79 Å². The molecule has 2 aromatic rings. The molecule has 6 heteroatoms. The molecule has 2 aromatic heterocycles. The molecule has 0 aliphatic heterocycles. The largest absolute Gasteiger partial charge is 0.472 e. The van der Waals surface area contributed by atoms with Gasteiger partial charge in [-0.05, 0) is 19.9 Å². The number of nitrogens with zero attached hydrogens (tertiary/aromatic N) is 2. The fourth-order valence-electron chi connectivity index (χ4n) is 1.61.